The quantitative estimate of drug-likeness (QED) is 0.424. The van der Waals surface area contributed by atoms with Gasteiger partial charge in [-0.3, -0.25) is 24.0 Å². The Morgan fingerprint density at radius 2 is 1.50 bits per heavy atom. The summed E-state index contributed by atoms with van der Waals surface area (Å²) in [5.41, 5.74) is 4.62. The van der Waals surface area contributed by atoms with Crippen LogP contribution in [0.2, 0.25) is 0 Å². The third kappa shape index (κ3) is 7.44. The fourth-order valence-corrected chi connectivity index (χ4v) is 6.75. The summed E-state index contributed by atoms with van der Waals surface area (Å²) in [4.78, 5) is 66.5. The molecule has 0 aromatic heterocycles. The number of carbonyl (C=O) groups excluding carboxylic acids is 5. The van der Waals surface area contributed by atoms with E-state index < -0.39 is 41.1 Å². The summed E-state index contributed by atoms with van der Waals surface area (Å²) in [6.07, 6.45) is 8.79. The van der Waals surface area contributed by atoms with Gasteiger partial charge in [-0.1, -0.05) is 65.2 Å². The smallest absolute Gasteiger partial charge is 0.307 e. The maximum Gasteiger partial charge on any atom is 0.307 e. The van der Waals surface area contributed by atoms with Gasteiger partial charge in [0, 0.05) is 24.8 Å². The van der Waals surface area contributed by atoms with Crippen molar-refractivity contribution in [1.82, 2.24) is 4.90 Å². The molecular weight excluding hydrogens is 484 g/mol. The number of ketones is 2. The lowest BCUT2D eigenvalue weighted by atomic mass is 9.86. The molecule has 38 heavy (non-hydrogen) atoms. The van der Waals surface area contributed by atoms with E-state index in [1.807, 2.05) is 20.8 Å². The highest BCUT2D eigenvalue weighted by molar-refractivity contribution is 6.36. The Bertz CT molecular complexity index is 920. The number of fused-ring (bicyclic) bond motifs is 3. The zero-order valence-electron chi connectivity index (χ0n) is 24.1. The lowest BCUT2D eigenvalue weighted by Gasteiger charge is -2.33. The van der Waals surface area contributed by atoms with Crippen molar-refractivity contribution in [3.05, 3.63) is 0 Å². The largest absolute Gasteiger partial charge is 0.460 e. The minimum Gasteiger partial charge on any atom is -0.460 e. The van der Waals surface area contributed by atoms with Gasteiger partial charge in [0.05, 0.1) is 12.5 Å². The van der Waals surface area contributed by atoms with Crippen LogP contribution in [0.1, 0.15) is 112 Å². The highest BCUT2D eigenvalue weighted by Crippen LogP contribution is 2.65. The minimum atomic E-state index is -1.00. The fraction of sp³-hybridized carbons (Fsp3) is 0.833. The first kappa shape index (κ1) is 30.3. The number of piperidine rings is 1. The van der Waals surface area contributed by atoms with Crippen LogP contribution in [0.3, 0.4) is 0 Å². The molecule has 214 valence electrons. The normalized spacial score (nSPS) is 31.1. The van der Waals surface area contributed by atoms with Gasteiger partial charge < -0.3 is 15.4 Å². The molecule has 0 aromatic carbocycles. The SMILES string of the molecule is CC(C)(C)OC(=O)C[C@H]1CCCCCCCCCC[C@@H](C(=O)C(N)=O)CC(=O)[C@@H]2[C@@H]3[C@H](CN2C1=O)C3(C)C. The molecule has 2 heterocycles. The van der Waals surface area contributed by atoms with Crippen molar-refractivity contribution in [3.8, 4) is 0 Å². The molecule has 2 aliphatic heterocycles. The molecule has 0 spiro atoms. The van der Waals surface area contributed by atoms with Gasteiger partial charge in [-0.15, -0.1) is 0 Å². The molecule has 3 aliphatic rings. The van der Waals surface area contributed by atoms with Crippen molar-refractivity contribution in [3.63, 3.8) is 0 Å². The molecular formula is C30H48N2O6. The molecule has 2 amide bonds. The number of Topliss-reactive ketones (excluding diaryl/α,β-unsaturated/α-hetero) is 2. The van der Waals surface area contributed by atoms with Crippen LogP contribution in [-0.2, 0) is 28.7 Å². The Morgan fingerprint density at radius 3 is 2.05 bits per heavy atom. The molecule has 8 heteroatoms. The first-order chi connectivity index (χ1) is 17.7. The molecule has 0 bridgehead atoms. The number of nitrogens with zero attached hydrogens (tertiary/aromatic N) is 1. The van der Waals surface area contributed by atoms with Gasteiger partial charge in [-0.05, 0) is 50.9 Å². The summed E-state index contributed by atoms with van der Waals surface area (Å²) < 4.78 is 5.54. The van der Waals surface area contributed by atoms with Crippen LogP contribution >= 0.6 is 0 Å². The van der Waals surface area contributed by atoms with Crippen LogP contribution in [0.15, 0.2) is 0 Å². The van der Waals surface area contributed by atoms with E-state index in [0.29, 0.717) is 19.4 Å². The maximum absolute atomic E-state index is 13.9. The molecule has 0 unspecified atom stereocenters. The summed E-state index contributed by atoms with van der Waals surface area (Å²) in [6, 6.07) is -0.637. The maximum atomic E-state index is 13.9. The number of hydrogen-bond acceptors (Lipinski definition) is 6. The Kier molecular flexibility index (Phi) is 9.80. The van der Waals surface area contributed by atoms with Crippen LogP contribution in [0.25, 0.3) is 0 Å². The van der Waals surface area contributed by atoms with E-state index in [4.69, 9.17) is 10.5 Å². The summed E-state index contributed by atoms with van der Waals surface area (Å²) >= 11 is 0. The minimum absolute atomic E-state index is 0.00493. The topological polar surface area (TPSA) is 124 Å². The second kappa shape index (κ2) is 12.3. The third-order valence-corrected chi connectivity index (χ3v) is 8.92. The van der Waals surface area contributed by atoms with Crippen LogP contribution in [-0.4, -0.2) is 52.4 Å². The predicted molar refractivity (Wildman–Crippen MR) is 144 cm³/mol. The second-order valence-corrected chi connectivity index (χ2v) is 13.4. The highest BCUT2D eigenvalue weighted by atomic mass is 16.6. The fourth-order valence-electron chi connectivity index (χ4n) is 6.75. The van der Waals surface area contributed by atoms with E-state index in [1.54, 1.807) is 4.90 Å². The molecule has 2 N–H and O–H groups in total. The number of primary amides is 1. The zero-order chi connectivity index (χ0) is 28.3. The van der Waals surface area contributed by atoms with E-state index in [2.05, 4.69) is 13.8 Å². The first-order valence-electron chi connectivity index (χ1n) is 14.6. The molecule has 1 aliphatic carbocycles. The lowest BCUT2D eigenvalue weighted by Crippen LogP contribution is -2.49. The van der Waals surface area contributed by atoms with E-state index >= 15 is 0 Å². The Morgan fingerprint density at radius 1 is 0.947 bits per heavy atom. The van der Waals surface area contributed by atoms with Crippen LogP contribution in [0.4, 0.5) is 0 Å². The summed E-state index contributed by atoms with van der Waals surface area (Å²) in [5.74, 6) is -3.50. The molecule has 5 atom stereocenters. The van der Waals surface area contributed by atoms with Gasteiger partial charge in [-0.25, -0.2) is 0 Å². The summed E-state index contributed by atoms with van der Waals surface area (Å²) in [6.45, 7) is 10.1. The lowest BCUT2D eigenvalue weighted by molar-refractivity contribution is -0.159. The molecule has 3 rings (SSSR count). The summed E-state index contributed by atoms with van der Waals surface area (Å²) in [7, 11) is 0. The molecule has 3 fully saturated rings. The average Bonchev–Trinajstić information content (AvgIpc) is 3.14. The second-order valence-electron chi connectivity index (χ2n) is 13.4. The number of rotatable bonds is 4. The Labute approximate surface area is 227 Å². The van der Waals surface area contributed by atoms with Crippen LogP contribution in [0, 0.1) is 29.1 Å². The van der Waals surface area contributed by atoms with Crippen molar-refractivity contribution in [1.29, 1.82) is 0 Å². The van der Waals surface area contributed by atoms with Gasteiger partial charge in [0.25, 0.3) is 5.91 Å². The van der Waals surface area contributed by atoms with Gasteiger partial charge in [0.15, 0.2) is 5.78 Å². The number of esters is 1. The standard InChI is InChI=1S/C30H48N2O6/c1-29(2,3)38-23(34)17-20-15-13-11-9-7-6-8-10-12-14-19(26(35)27(31)36)16-22(33)25-24-21(30(24,4)5)18-32(25)28(20)37/h19-21,24-25H,6-18H2,1-5H3,(H2,31,36)/t19-,20-,21+,24+,25-/m1/s1. The Hall–Kier alpha value is -2.25. The number of ether oxygens (including phenoxy) is 1. The number of nitrogens with two attached hydrogens (primary N) is 1. The molecule has 2 saturated heterocycles. The van der Waals surface area contributed by atoms with Crippen molar-refractivity contribution < 1.29 is 28.7 Å². The highest BCUT2D eigenvalue weighted by Gasteiger charge is 2.69. The van der Waals surface area contributed by atoms with Crippen molar-refractivity contribution in [2.75, 3.05) is 6.54 Å². The first-order valence-corrected chi connectivity index (χ1v) is 14.6. The number of carbonyl (C=O) groups is 5. The van der Waals surface area contributed by atoms with Gasteiger partial charge in [-0.2, -0.15) is 0 Å². The van der Waals surface area contributed by atoms with E-state index in [0.717, 1.165) is 51.4 Å². The van der Waals surface area contributed by atoms with E-state index in [-0.39, 0.29) is 41.8 Å². The van der Waals surface area contributed by atoms with E-state index in [9.17, 15) is 24.0 Å². The van der Waals surface area contributed by atoms with Crippen LogP contribution in [0.5, 0.6) is 0 Å². The molecule has 1 saturated carbocycles. The molecule has 0 radical (unpaired) electrons. The van der Waals surface area contributed by atoms with Crippen molar-refractivity contribution in [2.45, 2.75) is 123 Å². The van der Waals surface area contributed by atoms with Crippen molar-refractivity contribution >= 4 is 29.4 Å². The van der Waals surface area contributed by atoms with Gasteiger partial charge in [0.2, 0.25) is 11.7 Å². The van der Waals surface area contributed by atoms with Crippen LogP contribution < -0.4 is 5.73 Å². The average molecular weight is 533 g/mol. The monoisotopic (exact) mass is 532 g/mol. The number of hydrogen-bond donors (Lipinski definition) is 1. The summed E-state index contributed by atoms with van der Waals surface area (Å²) in [5, 5.41) is 0. The van der Waals surface area contributed by atoms with Gasteiger partial charge >= 0.3 is 5.97 Å². The van der Waals surface area contributed by atoms with E-state index in [1.165, 1.54) is 0 Å². The zero-order valence-corrected chi connectivity index (χ0v) is 24.1. The molecule has 0 aromatic rings. The van der Waals surface area contributed by atoms with Gasteiger partial charge in [0.1, 0.15) is 5.60 Å². The third-order valence-electron chi connectivity index (χ3n) is 8.92. The number of amides is 2. The van der Waals surface area contributed by atoms with Crippen molar-refractivity contribution in [2.24, 2.45) is 34.8 Å². The predicted octanol–water partition coefficient (Wildman–Crippen LogP) is 4.36. The molecule has 8 nitrogen and oxygen atoms in total. The Balaban J connectivity index is 1.86.